The van der Waals surface area contributed by atoms with Crippen LogP contribution in [0, 0.1) is 5.92 Å². The van der Waals surface area contributed by atoms with Crippen LogP contribution in [0.1, 0.15) is 32.1 Å². The van der Waals surface area contributed by atoms with Gasteiger partial charge in [-0.25, -0.2) is 8.42 Å². The van der Waals surface area contributed by atoms with E-state index in [1.54, 1.807) is 12.1 Å². The van der Waals surface area contributed by atoms with Gasteiger partial charge in [-0.2, -0.15) is 0 Å². The Morgan fingerprint density at radius 2 is 1.80 bits per heavy atom. The van der Waals surface area contributed by atoms with Crippen molar-refractivity contribution >= 4 is 10.0 Å². The Morgan fingerprint density at radius 3 is 2.40 bits per heavy atom. The van der Waals surface area contributed by atoms with Gasteiger partial charge in [0.2, 0.25) is 0 Å². The minimum Gasteiger partial charge on any atom is -0.497 e. The fourth-order valence-corrected chi connectivity index (χ4v) is 3.20. The molecule has 0 aliphatic heterocycles. The van der Waals surface area contributed by atoms with Crippen LogP contribution in [0.3, 0.4) is 0 Å². The third-order valence-corrected chi connectivity index (χ3v) is 4.81. The van der Waals surface area contributed by atoms with E-state index >= 15 is 0 Å². The molecule has 0 amide bonds. The van der Waals surface area contributed by atoms with Crippen molar-refractivity contribution in [2.75, 3.05) is 13.7 Å². The molecule has 1 N–H and O–H groups in total. The molecule has 0 bridgehead atoms. The van der Waals surface area contributed by atoms with Crippen LogP contribution in [0.4, 0.5) is 0 Å². The van der Waals surface area contributed by atoms with Gasteiger partial charge in [-0.05, 0) is 43.0 Å². The van der Waals surface area contributed by atoms with E-state index < -0.39 is 10.0 Å². The molecule has 1 aromatic carbocycles. The first-order valence-electron chi connectivity index (χ1n) is 6.89. The predicted octanol–water partition coefficient (Wildman–Crippen LogP) is 2.49. The van der Waals surface area contributed by atoms with Crippen LogP contribution in [0.5, 0.6) is 5.75 Å². The lowest BCUT2D eigenvalue weighted by Gasteiger charge is -2.21. The molecule has 0 aromatic heterocycles. The van der Waals surface area contributed by atoms with Crippen molar-refractivity contribution in [1.29, 1.82) is 0 Å². The van der Waals surface area contributed by atoms with Crippen molar-refractivity contribution in [2.24, 2.45) is 5.92 Å². The van der Waals surface area contributed by atoms with Crippen LogP contribution in [-0.2, 0) is 14.9 Å². The normalized spacial score (nSPS) is 17.1. The monoisotopic (exact) mass is 299 g/mol. The Labute approximate surface area is 120 Å². The average Bonchev–Trinajstić information content (AvgIpc) is 2.48. The quantitative estimate of drug-likeness (QED) is 0.820. The van der Waals surface area contributed by atoms with E-state index in [1.165, 1.54) is 38.5 Å². The Bertz CT molecular complexity index is 506. The maximum Gasteiger partial charge on any atom is 0.262 e. The highest BCUT2D eigenvalue weighted by atomic mass is 32.2. The molecule has 2 rings (SSSR count). The van der Waals surface area contributed by atoms with Crippen LogP contribution in [0.15, 0.2) is 29.2 Å². The van der Waals surface area contributed by atoms with Gasteiger partial charge in [0, 0.05) is 0 Å². The summed E-state index contributed by atoms with van der Waals surface area (Å²) in [5.74, 6) is 1.08. The largest absolute Gasteiger partial charge is 0.497 e. The second-order valence-corrected chi connectivity index (χ2v) is 6.72. The van der Waals surface area contributed by atoms with E-state index in [2.05, 4.69) is 4.89 Å². The number of hydrogen-bond donors (Lipinski definition) is 1. The molecule has 112 valence electrons. The molecule has 0 unspecified atom stereocenters. The van der Waals surface area contributed by atoms with E-state index in [0.29, 0.717) is 18.3 Å². The molecule has 0 spiro atoms. The molecule has 0 atom stereocenters. The third-order valence-electron chi connectivity index (χ3n) is 3.58. The highest BCUT2D eigenvalue weighted by Crippen LogP contribution is 2.23. The van der Waals surface area contributed by atoms with Crippen molar-refractivity contribution in [3.63, 3.8) is 0 Å². The third kappa shape index (κ3) is 4.19. The first kappa shape index (κ1) is 15.3. The molecule has 1 fully saturated rings. The van der Waals surface area contributed by atoms with Crippen LogP contribution in [0.2, 0.25) is 0 Å². The minimum atomic E-state index is -3.61. The summed E-state index contributed by atoms with van der Waals surface area (Å²) in [5.41, 5.74) is 0. The average molecular weight is 299 g/mol. The summed E-state index contributed by atoms with van der Waals surface area (Å²) in [4.78, 5) is 7.54. The topological polar surface area (TPSA) is 64.6 Å². The number of sulfonamides is 1. The summed E-state index contributed by atoms with van der Waals surface area (Å²) in [7, 11) is -2.08. The van der Waals surface area contributed by atoms with Gasteiger partial charge in [-0.15, -0.1) is 0 Å². The molecule has 20 heavy (non-hydrogen) atoms. The molecule has 5 nitrogen and oxygen atoms in total. The minimum absolute atomic E-state index is 0.168. The van der Waals surface area contributed by atoms with Gasteiger partial charge in [0.1, 0.15) is 5.75 Å². The van der Waals surface area contributed by atoms with Gasteiger partial charge in [0.15, 0.2) is 0 Å². The number of hydrogen-bond acceptors (Lipinski definition) is 4. The number of nitrogens with one attached hydrogen (secondary N) is 1. The Balaban J connectivity index is 1.86. The number of methoxy groups -OCH3 is 1. The lowest BCUT2D eigenvalue weighted by atomic mass is 9.90. The van der Waals surface area contributed by atoms with Crippen molar-refractivity contribution < 1.29 is 18.0 Å². The first-order valence-corrected chi connectivity index (χ1v) is 8.38. The van der Waals surface area contributed by atoms with Gasteiger partial charge in [0.25, 0.3) is 10.0 Å². The Hall–Kier alpha value is -1.11. The van der Waals surface area contributed by atoms with Crippen LogP contribution in [-0.4, -0.2) is 22.1 Å². The molecule has 0 radical (unpaired) electrons. The molecule has 1 aliphatic carbocycles. The van der Waals surface area contributed by atoms with Gasteiger partial charge < -0.3 is 4.74 Å². The molecule has 0 heterocycles. The van der Waals surface area contributed by atoms with Crippen molar-refractivity contribution in [3.8, 4) is 5.75 Å². The van der Waals surface area contributed by atoms with E-state index in [0.717, 1.165) is 12.8 Å². The zero-order chi connectivity index (χ0) is 14.4. The van der Waals surface area contributed by atoms with Gasteiger partial charge in [0.05, 0.1) is 18.6 Å². The van der Waals surface area contributed by atoms with Crippen LogP contribution < -0.4 is 9.62 Å². The van der Waals surface area contributed by atoms with E-state index in [4.69, 9.17) is 9.57 Å². The fourth-order valence-electron chi connectivity index (χ4n) is 2.39. The highest BCUT2D eigenvalue weighted by Gasteiger charge is 2.17. The molecule has 0 saturated heterocycles. The summed E-state index contributed by atoms with van der Waals surface area (Å²) in [6.07, 6.45) is 5.92. The molecular formula is C14H21NO4S. The summed E-state index contributed by atoms with van der Waals surface area (Å²) >= 11 is 0. The fraction of sp³-hybridized carbons (Fsp3) is 0.571. The second kappa shape index (κ2) is 7.06. The zero-order valence-electron chi connectivity index (χ0n) is 11.7. The Morgan fingerprint density at radius 1 is 1.15 bits per heavy atom. The molecule has 1 aromatic rings. The highest BCUT2D eigenvalue weighted by molar-refractivity contribution is 7.89. The number of rotatable bonds is 6. The van der Waals surface area contributed by atoms with Gasteiger partial charge in [-0.1, -0.05) is 24.1 Å². The molecular weight excluding hydrogens is 278 g/mol. The van der Waals surface area contributed by atoms with Crippen LogP contribution >= 0.6 is 0 Å². The smallest absolute Gasteiger partial charge is 0.262 e. The maximum atomic E-state index is 12.0. The van der Waals surface area contributed by atoms with Gasteiger partial charge >= 0.3 is 0 Å². The van der Waals surface area contributed by atoms with Crippen LogP contribution in [0.25, 0.3) is 0 Å². The molecule has 1 aliphatic rings. The molecule has 1 saturated carbocycles. The van der Waals surface area contributed by atoms with Crippen molar-refractivity contribution in [1.82, 2.24) is 4.89 Å². The van der Waals surface area contributed by atoms with E-state index in [-0.39, 0.29) is 4.90 Å². The summed E-state index contributed by atoms with van der Waals surface area (Å²) in [5, 5.41) is 0. The lowest BCUT2D eigenvalue weighted by Crippen LogP contribution is -2.27. The number of ether oxygens (including phenoxy) is 1. The SMILES string of the molecule is COc1ccc(S(=O)(=O)NOCC2CCCCC2)cc1. The first-order chi connectivity index (χ1) is 9.62. The summed E-state index contributed by atoms with van der Waals surface area (Å²) in [6, 6.07) is 6.20. The summed E-state index contributed by atoms with van der Waals surface area (Å²) in [6.45, 7) is 0.440. The second-order valence-electron chi connectivity index (χ2n) is 5.08. The van der Waals surface area contributed by atoms with Crippen molar-refractivity contribution in [3.05, 3.63) is 24.3 Å². The molecule has 6 heteroatoms. The standard InChI is InChI=1S/C14H21NO4S/c1-18-13-7-9-14(10-8-13)20(16,17)15-19-11-12-5-3-2-4-6-12/h7-10,12,15H,2-6,11H2,1H3. The summed E-state index contributed by atoms with van der Waals surface area (Å²) < 4.78 is 29.0. The van der Waals surface area contributed by atoms with Crippen molar-refractivity contribution in [2.45, 2.75) is 37.0 Å². The lowest BCUT2D eigenvalue weighted by molar-refractivity contribution is 0.0519. The van der Waals surface area contributed by atoms with E-state index in [1.807, 2.05) is 0 Å². The van der Waals surface area contributed by atoms with Gasteiger partial charge in [-0.3, -0.25) is 4.84 Å². The number of benzene rings is 1. The maximum absolute atomic E-state index is 12.0. The van der Waals surface area contributed by atoms with E-state index in [9.17, 15) is 8.42 Å². The Kier molecular flexibility index (Phi) is 5.39. The zero-order valence-corrected chi connectivity index (χ0v) is 12.5. The predicted molar refractivity (Wildman–Crippen MR) is 75.8 cm³/mol.